The van der Waals surface area contributed by atoms with Crippen molar-refractivity contribution in [2.45, 2.75) is 38.5 Å². The normalized spacial score (nSPS) is 26.5. The second-order valence-electron chi connectivity index (χ2n) is 4.14. The van der Waals surface area contributed by atoms with Crippen molar-refractivity contribution in [3.8, 4) is 0 Å². The van der Waals surface area contributed by atoms with Crippen LogP contribution in [-0.2, 0) is 10.2 Å². The molecule has 0 amide bonds. The van der Waals surface area contributed by atoms with Crippen molar-refractivity contribution in [2.75, 3.05) is 19.6 Å². The third kappa shape index (κ3) is 3.58. The zero-order valence-corrected chi connectivity index (χ0v) is 11.5. The monoisotopic (exact) mass is 268 g/mol. The zero-order chi connectivity index (χ0) is 12.2. The Labute approximate surface area is 104 Å². The molecule has 1 saturated carbocycles. The van der Waals surface area contributed by atoms with Gasteiger partial charge >= 0.3 is 0 Å². The van der Waals surface area contributed by atoms with E-state index in [0.29, 0.717) is 19.6 Å². The summed E-state index contributed by atoms with van der Waals surface area (Å²) in [6, 6.07) is 0. The van der Waals surface area contributed by atoms with E-state index in [-0.39, 0.29) is 11.3 Å². The highest BCUT2D eigenvalue weighted by Crippen LogP contribution is 2.29. The van der Waals surface area contributed by atoms with E-state index in [9.17, 15) is 8.42 Å². The lowest BCUT2D eigenvalue weighted by Crippen LogP contribution is -2.42. The first-order valence-corrected chi connectivity index (χ1v) is 7.77. The molecule has 0 radical (unpaired) electrons. The van der Waals surface area contributed by atoms with E-state index in [4.69, 9.17) is 11.6 Å². The molecule has 4 nitrogen and oxygen atoms in total. The van der Waals surface area contributed by atoms with Gasteiger partial charge in [-0.05, 0) is 18.8 Å². The maximum atomic E-state index is 11.8. The summed E-state index contributed by atoms with van der Waals surface area (Å²) < 4.78 is 27.7. The Balaban J connectivity index is 2.47. The highest BCUT2D eigenvalue weighted by Gasteiger charge is 2.27. The lowest BCUT2D eigenvalue weighted by atomic mass is 10.1. The smallest absolute Gasteiger partial charge is 0.202 e. The average molecular weight is 269 g/mol. The summed E-state index contributed by atoms with van der Waals surface area (Å²) in [6.45, 7) is 5.14. The Morgan fingerprint density at radius 3 is 2.38 bits per heavy atom. The first-order chi connectivity index (χ1) is 7.51. The number of hydrogen-bond donors (Lipinski definition) is 1. The largest absolute Gasteiger partial charge is 0.279 e. The molecule has 1 fully saturated rings. The molecule has 1 aliphatic carbocycles. The van der Waals surface area contributed by atoms with Gasteiger partial charge in [0.2, 0.25) is 0 Å². The third-order valence-corrected chi connectivity index (χ3v) is 5.44. The predicted molar refractivity (Wildman–Crippen MR) is 66.8 cm³/mol. The maximum Gasteiger partial charge on any atom is 0.279 e. The third-order valence-electron chi connectivity index (χ3n) is 3.14. The number of halogens is 1. The molecule has 0 aromatic heterocycles. The molecule has 0 spiro atoms. The summed E-state index contributed by atoms with van der Waals surface area (Å²) in [5.74, 6) is 0.284. The van der Waals surface area contributed by atoms with Crippen molar-refractivity contribution in [2.24, 2.45) is 5.92 Å². The van der Waals surface area contributed by atoms with Crippen LogP contribution in [0.25, 0.3) is 0 Å². The van der Waals surface area contributed by atoms with E-state index in [1.54, 1.807) is 0 Å². The maximum absolute atomic E-state index is 11.8. The van der Waals surface area contributed by atoms with E-state index in [0.717, 1.165) is 19.3 Å². The van der Waals surface area contributed by atoms with E-state index in [1.165, 1.54) is 4.31 Å². The first-order valence-electron chi connectivity index (χ1n) is 5.90. The molecule has 16 heavy (non-hydrogen) atoms. The van der Waals surface area contributed by atoms with Gasteiger partial charge in [0.25, 0.3) is 10.2 Å². The molecule has 0 aromatic rings. The minimum absolute atomic E-state index is 0.124. The van der Waals surface area contributed by atoms with Crippen molar-refractivity contribution >= 4 is 21.8 Å². The van der Waals surface area contributed by atoms with Crippen molar-refractivity contribution in [3.63, 3.8) is 0 Å². The Kier molecular flexibility index (Phi) is 5.50. The van der Waals surface area contributed by atoms with Gasteiger partial charge in [-0.25, -0.2) is 4.72 Å². The van der Waals surface area contributed by atoms with Crippen LogP contribution in [0.5, 0.6) is 0 Å². The van der Waals surface area contributed by atoms with E-state index in [2.05, 4.69) is 4.72 Å². The van der Waals surface area contributed by atoms with E-state index in [1.807, 2.05) is 13.8 Å². The fourth-order valence-corrected chi connectivity index (χ4v) is 3.75. The number of nitrogens with zero attached hydrogens (tertiary/aromatic N) is 1. The number of alkyl halides is 1. The summed E-state index contributed by atoms with van der Waals surface area (Å²) >= 11 is 6.11. The van der Waals surface area contributed by atoms with Gasteiger partial charge in [-0.2, -0.15) is 12.7 Å². The molecule has 96 valence electrons. The fourth-order valence-electron chi connectivity index (χ4n) is 2.09. The van der Waals surface area contributed by atoms with Crippen LogP contribution in [-0.4, -0.2) is 37.7 Å². The molecule has 0 aliphatic heterocycles. The topological polar surface area (TPSA) is 49.4 Å². The van der Waals surface area contributed by atoms with Crippen LogP contribution in [0.2, 0.25) is 0 Å². The standard InChI is InChI=1S/C10H21ClN2O2S/c1-3-13(4-2)16(14,15)12-8-9-6-5-7-10(9)11/h9-10,12H,3-8H2,1-2H3. The summed E-state index contributed by atoms with van der Waals surface area (Å²) in [7, 11) is -3.31. The Bertz CT molecular complexity index is 304. The van der Waals surface area contributed by atoms with Crippen LogP contribution in [0.1, 0.15) is 33.1 Å². The number of hydrogen-bond acceptors (Lipinski definition) is 2. The minimum Gasteiger partial charge on any atom is -0.202 e. The van der Waals surface area contributed by atoms with Crippen LogP contribution in [0.4, 0.5) is 0 Å². The molecule has 0 heterocycles. The summed E-state index contributed by atoms with van der Waals surface area (Å²) in [6.07, 6.45) is 3.12. The predicted octanol–water partition coefficient (Wildman–Crippen LogP) is 1.57. The van der Waals surface area contributed by atoms with Gasteiger partial charge in [0.1, 0.15) is 0 Å². The molecule has 1 rings (SSSR count). The van der Waals surface area contributed by atoms with Crippen molar-refractivity contribution in [1.29, 1.82) is 0 Å². The van der Waals surface area contributed by atoms with Crippen molar-refractivity contribution in [1.82, 2.24) is 9.03 Å². The van der Waals surface area contributed by atoms with Crippen molar-refractivity contribution < 1.29 is 8.42 Å². The highest BCUT2D eigenvalue weighted by molar-refractivity contribution is 7.87. The summed E-state index contributed by atoms with van der Waals surface area (Å²) in [5.41, 5.74) is 0. The molecule has 6 heteroatoms. The second-order valence-corrected chi connectivity index (χ2v) is 6.46. The molecule has 1 aliphatic rings. The zero-order valence-electron chi connectivity index (χ0n) is 9.95. The van der Waals surface area contributed by atoms with Gasteiger partial charge in [-0.3, -0.25) is 0 Å². The molecule has 1 N–H and O–H groups in total. The minimum atomic E-state index is -3.31. The summed E-state index contributed by atoms with van der Waals surface area (Å²) in [5, 5.41) is 0.124. The molecule has 0 saturated heterocycles. The Morgan fingerprint density at radius 2 is 1.94 bits per heavy atom. The number of nitrogens with one attached hydrogen (secondary N) is 1. The highest BCUT2D eigenvalue weighted by atomic mass is 35.5. The summed E-state index contributed by atoms with van der Waals surface area (Å²) in [4.78, 5) is 0. The Morgan fingerprint density at radius 1 is 1.31 bits per heavy atom. The van der Waals surface area contributed by atoms with Crippen molar-refractivity contribution in [3.05, 3.63) is 0 Å². The van der Waals surface area contributed by atoms with Gasteiger partial charge in [0.15, 0.2) is 0 Å². The van der Waals surface area contributed by atoms with E-state index >= 15 is 0 Å². The fraction of sp³-hybridized carbons (Fsp3) is 1.00. The van der Waals surface area contributed by atoms with Crippen LogP contribution in [0, 0.1) is 5.92 Å². The second kappa shape index (κ2) is 6.19. The molecular formula is C10H21ClN2O2S. The molecule has 2 unspecified atom stereocenters. The van der Waals surface area contributed by atoms with Crippen LogP contribution in [0.3, 0.4) is 0 Å². The average Bonchev–Trinajstić information content (AvgIpc) is 2.62. The van der Waals surface area contributed by atoms with Gasteiger partial charge in [-0.15, -0.1) is 11.6 Å². The van der Waals surface area contributed by atoms with Crippen LogP contribution in [0.15, 0.2) is 0 Å². The van der Waals surface area contributed by atoms with Crippen LogP contribution < -0.4 is 4.72 Å². The molecular weight excluding hydrogens is 248 g/mol. The van der Waals surface area contributed by atoms with E-state index < -0.39 is 10.2 Å². The molecule has 2 atom stereocenters. The SMILES string of the molecule is CCN(CC)S(=O)(=O)NCC1CCCC1Cl. The Hall–Kier alpha value is 0.160. The first kappa shape index (κ1) is 14.2. The lowest BCUT2D eigenvalue weighted by Gasteiger charge is -2.21. The van der Waals surface area contributed by atoms with Gasteiger partial charge in [0.05, 0.1) is 0 Å². The molecule has 0 bridgehead atoms. The number of rotatable bonds is 6. The quantitative estimate of drug-likeness (QED) is 0.744. The van der Waals surface area contributed by atoms with Gasteiger partial charge in [0, 0.05) is 25.0 Å². The molecule has 0 aromatic carbocycles. The van der Waals surface area contributed by atoms with Crippen LogP contribution >= 0.6 is 11.6 Å². The lowest BCUT2D eigenvalue weighted by molar-refractivity contribution is 0.426. The van der Waals surface area contributed by atoms with Gasteiger partial charge < -0.3 is 0 Å². The van der Waals surface area contributed by atoms with Gasteiger partial charge in [-0.1, -0.05) is 20.3 Å².